The van der Waals surface area contributed by atoms with E-state index in [2.05, 4.69) is 20.6 Å². The van der Waals surface area contributed by atoms with Crippen molar-refractivity contribution in [3.05, 3.63) is 89.4 Å². The summed E-state index contributed by atoms with van der Waals surface area (Å²) in [5.41, 5.74) is 2.22. The van der Waals surface area contributed by atoms with Crippen molar-refractivity contribution in [2.24, 2.45) is 5.92 Å². The number of nitrogens with one attached hydrogen (secondary N) is 2. The van der Waals surface area contributed by atoms with Crippen molar-refractivity contribution in [3.8, 4) is 11.3 Å². The fourth-order valence-electron chi connectivity index (χ4n) is 4.68. The van der Waals surface area contributed by atoms with Gasteiger partial charge in [0.15, 0.2) is 5.69 Å². The molecule has 2 N–H and O–H groups in total. The molecule has 2 amide bonds. The smallest absolute Gasteiger partial charge is 0.417 e. The number of anilines is 3. The van der Waals surface area contributed by atoms with E-state index in [-0.39, 0.29) is 23.5 Å². The maximum absolute atomic E-state index is 13.7. The number of benzene rings is 2. The molecule has 0 bridgehead atoms. The van der Waals surface area contributed by atoms with Gasteiger partial charge in [0, 0.05) is 29.9 Å². The van der Waals surface area contributed by atoms with E-state index in [0.29, 0.717) is 37.1 Å². The molecule has 12 heteroatoms. The van der Waals surface area contributed by atoms with Crippen LogP contribution in [0.5, 0.6) is 0 Å². The molecular weight excluding hydrogens is 590 g/mol. The van der Waals surface area contributed by atoms with Gasteiger partial charge in [0.25, 0.3) is 17.8 Å². The average molecular weight is 628 g/mol. The van der Waals surface area contributed by atoms with Crippen LogP contribution in [0.3, 0.4) is 0 Å². The van der Waals surface area contributed by atoms with Crippen molar-refractivity contribution >= 4 is 29.2 Å². The third-order valence-corrected chi connectivity index (χ3v) is 6.88. The van der Waals surface area contributed by atoms with Crippen molar-refractivity contribution in [2.75, 3.05) is 35.8 Å². The van der Waals surface area contributed by atoms with Crippen molar-refractivity contribution in [1.82, 2.24) is 9.97 Å². The molecule has 8 nitrogen and oxygen atoms in total. The Bertz CT molecular complexity index is 1550. The normalized spacial score (nSPS) is 14.3. The zero-order valence-corrected chi connectivity index (χ0v) is 25.8. The number of pyridine rings is 1. The number of halogens is 4. The minimum atomic E-state index is -4.86. The van der Waals surface area contributed by atoms with Crippen molar-refractivity contribution in [3.63, 3.8) is 0 Å². The molecule has 0 radical (unpaired) electrons. The predicted molar refractivity (Wildman–Crippen MR) is 167 cm³/mol. The van der Waals surface area contributed by atoms with Crippen LogP contribution in [0.1, 0.15) is 65.8 Å². The molecule has 1 atom stereocenters. The van der Waals surface area contributed by atoms with E-state index in [4.69, 9.17) is 4.42 Å². The summed E-state index contributed by atoms with van der Waals surface area (Å²) in [6, 6.07) is 17.2. The molecule has 0 saturated carbocycles. The standard InChI is InChI=1S/C30H28F3N5O3.C2H6.CH3F/c1-18-6-5-15-38(17-18)29-37-26(30(31,32)33)25(41-29)28(40)35-22-13-14-24(34-16-22)20-9-11-21(12-10-20)27(39)36-23-8-4-3-7-19(23)2;2*1-2/h3-4,7-14,16,18H,5-6,15,17H2,1-2H3,(H,35,40)(H,36,39);1-2H3;1H3. The van der Waals surface area contributed by atoms with Crippen molar-refractivity contribution in [2.45, 2.75) is 46.7 Å². The summed E-state index contributed by atoms with van der Waals surface area (Å²) in [4.78, 5) is 35.0. The summed E-state index contributed by atoms with van der Waals surface area (Å²) >= 11 is 0. The summed E-state index contributed by atoms with van der Waals surface area (Å²) < 4.78 is 55.9. The van der Waals surface area contributed by atoms with Crippen LogP contribution < -0.4 is 15.5 Å². The van der Waals surface area contributed by atoms with E-state index >= 15 is 0 Å². The van der Waals surface area contributed by atoms with Gasteiger partial charge in [0.2, 0.25) is 5.76 Å². The SMILES string of the molecule is CC.CF.Cc1ccccc1NC(=O)c1ccc(-c2ccc(NC(=O)c3oc(N4CCCC(C)C4)nc3C(F)(F)F)cn2)cc1. The monoisotopic (exact) mass is 627 g/mol. The number of hydrogen-bond acceptors (Lipinski definition) is 6. The van der Waals surface area contributed by atoms with E-state index in [1.54, 1.807) is 35.2 Å². The van der Waals surface area contributed by atoms with Crippen LogP contribution in [0.2, 0.25) is 0 Å². The Morgan fingerprint density at radius 1 is 0.956 bits per heavy atom. The molecule has 1 unspecified atom stereocenters. The predicted octanol–water partition coefficient (Wildman–Crippen LogP) is 8.42. The summed E-state index contributed by atoms with van der Waals surface area (Å²) in [5, 5.41) is 5.30. The Balaban J connectivity index is 0.00000133. The van der Waals surface area contributed by atoms with Gasteiger partial charge in [-0.05, 0) is 61.6 Å². The van der Waals surface area contributed by atoms with Gasteiger partial charge in [-0.2, -0.15) is 18.2 Å². The number of para-hydroxylation sites is 1. The van der Waals surface area contributed by atoms with Crippen LogP contribution in [0.25, 0.3) is 11.3 Å². The summed E-state index contributed by atoms with van der Waals surface area (Å²) in [6.07, 6.45) is -1.76. The van der Waals surface area contributed by atoms with Gasteiger partial charge in [0.05, 0.1) is 24.8 Å². The highest BCUT2D eigenvalue weighted by Gasteiger charge is 2.42. The van der Waals surface area contributed by atoms with E-state index in [1.165, 1.54) is 12.3 Å². The minimum Gasteiger partial charge on any atom is -0.417 e. The van der Waals surface area contributed by atoms with Gasteiger partial charge in [-0.1, -0.05) is 51.1 Å². The highest BCUT2D eigenvalue weighted by Crippen LogP contribution is 2.35. The fourth-order valence-corrected chi connectivity index (χ4v) is 4.68. The van der Waals surface area contributed by atoms with Crippen LogP contribution in [0.4, 0.5) is 35.0 Å². The number of carbonyl (C=O) groups excluding carboxylic acids is 2. The molecule has 1 saturated heterocycles. The van der Waals surface area contributed by atoms with E-state index < -0.39 is 23.5 Å². The third kappa shape index (κ3) is 8.90. The lowest BCUT2D eigenvalue weighted by Crippen LogP contribution is -2.34. The Hall–Kier alpha value is -4.74. The van der Waals surface area contributed by atoms with Gasteiger partial charge in [-0.25, -0.2) is 0 Å². The number of oxazole rings is 1. The second-order valence-electron chi connectivity index (χ2n) is 10.1. The number of carbonyl (C=O) groups is 2. The molecule has 0 spiro atoms. The first kappa shape index (κ1) is 34.7. The Morgan fingerprint density at radius 3 is 2.24 bits per heavy atom. The number of rotatable bonds is 6. The molecule has 1 fully saturated rings. The number of alkyl halides is 4. The first-order valence-electron chi connectivity index (χ1n) is 14.5. The third-order valence-electron chi connectivity index (χ3n) is 6.88. The number of aromatic nitrogens is 2. The van der Waals surface area contributed by atoms with Gasteiger partial charge >= 0.3 is 6.18 Å². The number of piperidine rings is 1. The van der Waals surface area contributed by atoms with Gasteiger partial charge in [-0.15, -0.1) is 0 Å². The van der Waals surface area contributed by atoms with Gasteiger partial charge in [0.1, 0.15) is 0 Å². The number of hydrogen-bond donors (Lipinski definition) is 2. The van der Waals surface area contributed by atoms with Crippen molar-refractivity contribution in [1.29, 1.82) is 0 Å². The second-order valence-corrected chi connectivity index (χ2v) is 10.1. The molecule has 45 heavy (non-hydrogen) atoms. The van der Waals surface area contributed by atoms with E-state index in [9.17, 15) is 27.2 Å². The fraction of sp³-hybridized carbons (Fsp3) is 0.333. The van der Waals surface area contributed by atoms with Gasteiger partial charge < -0.3 is 20.0 Å². The first-order valence-corrected chi connectivity index (χ1v) is 14.5. The molecule has 5 rings (SSSR count). The molecular formula is C33H37F4N5O3. The lowest BCUT2D eigenvalue weighted by Gasteiger charge is -2.29. The van der Waals surface area contributed by atoms with Crippen molar-refractivity contribution < 1.29 is 31.6 Å². The summed E-state index contributed by atoms with van der Waals surface area (Å²) in [6.45, 7) is 8.92. The first-order chi connectivity index (χ1) is 21.6. The molecule has 3 heterocycles. The summed E-state index contributed by atoms with van der Waals surface area (Å²) in [7, 11) is 0.500. The number of aryl methyl sites for hydroxylation is 1. The lowest BCUT2D eigenvalue weighted by molar-refractivity contribution is -0.141. The molecule has 1 aliphatic rings. The Labute approximate surface area is 259 Å². The maximum atomic E-state index is 13.7. The topological polar surface area (TPSA) is 100 Å². The second kappa shape index (κ2) is 15.8. The summed E-state index contributed by atoms with van der Waals surface area (Å²) in [5.74, 6) is -1.94. The molecule has 4 aromatic rings. The minimum absolute atomic E-state index is 0.186. The van der Waals surface area contributed by atoms with Crippen LogP contribution >= 0.6 is 0 Å². The highest BCUT2D eigenvalue weighted by molar-refractivity contribution is 6.05. The Kier molecular flexibility index (Phi) is 12.2. The van der Waals surface area contributed by atoms with Crippen LogP contribution in [-0.4, -0.2) is 42.0 Å². The molecule has 0 aliphatic carbocycles. The Morgan fingerprint density at radius 2 is 1.64 bits per heavy atom. The van der Waals surface area contributed by atoms with Crippen LogP contribution in [-0.2, 0) is 6.18 Å². The van der Waals surface area contributed by atoms with E-state index in [0.717, 1.165) is 24.1 Å². The largest absolute Gasteiger partial charge is 0.437 e. The van der Waals surface area contributed by atoms with Gasteiger partial charge in [-0.3, -0.25) is 19.0 Å². The average Bonchev–Trinajstić information content (AvgIpc) is 3.52. The van der Waals surface area contributed by atoms with Crippen LogP contribution in [0, 0.1) is 12.8 Å². The lowest BCUT2D eigenvalue weighted by atomic mass is 10.0. The molecule has 2 aromatic heterocycles. The zero-order chi connectivity index (χ0) is 33.1. The molecule has 240 valence electrons. The van der Waals surface area contributed by atoms with E-state index in [1.807, 2.05) is 52.0 Å². The highest BCUT2D eigenvalue weighted by atomic mass is 19.4. The quantitative estimate of drug-likeness (QED) is 0.208. The van der Waals surface area contributed by atoms with Crippen LogP contribution in [0.15, 0.2) is 71.3 Å². The molecule has 2 aromatic carbocycles. The zero-order valence-electron chi connectivity index (χ0n) is 25.8. The number of amides is 2. The molecule has 1 aliphatic heterocycles. The number of nitrogens with zero attached hydrogens (tertiary/aromatic N) is 3. The maximum Gasteiger partial charge on any atom is 0.437 e.